The molecule has 0 unspecified atom stereocenters. The van der Waals surface area contributed by atoms with Crippen LogP contribution in [0.5, 0.6) is 11.5 Å². The van der Waals surface area contributed by atoms with E-state index in [1.807, 2.05) is 0 Å². The first-order valence-corrected chi connectivity index (χ1v) is 19.5. The fourth-order valence-corrected chi connectivity index (χ4v) is 7.56. The number of hydrogen-bond donors (Lipinski definition) is 3. The number of ether oxygens (including phenoxy) is 2. The van der Waals surface area contributed by atoms with E-state index in [4.69, 9.17) is 15.2 Å². The van der Waals surface area contributed by atoms with Gasteiger partial charge in [-0.25, -0.2) is 25.3 Å². The Kier molecular flexibility index (Phi) is 16.1. The number of Topliss-reactive ketones (excluding diaryl/α,β-unsaturated/α-hetero) is 2. The Labute approximate surface area is 398 Å². The molecule has 0 radical (unpaired) electrons. The van der Waals surface area contributed by atoms with Crippen molar-refractivity contribution in [2.75, 3.05) is 30.8 Å². The Balaban J connectivity index is 0.00000300. The van der Waals surface area contributed by atoms with Crippen molar-refractivity contribution in [3.05, 3.63) is 106 Å². The minimum atomic E-state index is -5.38. The second kappa shape index (κ2) is 19.0. The van der Waals surface area contributed by atoms with Crippen molar-refractivity contribution >= 4 is 81.4 Å². The zero-order valence-corrected chi connectivity index (χ0v) is 39.5. The molecule has 4 aromatic carbocycles. The number of allylic oxidation sites excluding steroid dienone is 2. The zero-order valence-electron chi connectivity index (χ0n) is 31.1. The Bertz CT molecular complexity index is 2830. The van der Waals surface area contributed by atoms with Gasteiger partial charge in [0.2, 0.25) is 11.6 Å². The van der Waals surface area contributed by atoms with E-state index < -0.39 is 68.0 Å². The average Bonchev–Trinajstić information content (AvgIpc) is 3.12. The van der Waals surface area contributed by atoms with Crippen molar-refractivity contribution in [3.8, 4) is 22.6 Å². The van der Waals surface area contributed by atoms with Crippen LogP contribution < -0.4 is 115 Å². The van der Waals surface area contributed by atoms with Crippen LogP contribution in [0, 0.1) is 0 Å². The number of anilines is 3. The number of nitrogens with zero attached hydrogens (tertiary/aromatic N) is 2. The van der Waals surface area contributed by atoms with Gasteiger partial charge in [-0.15, -0.1) is 0 Å². The van der Waals surface area contributed by atoms with E-state index in [9.17, 15) is 48.5 Å². The van der Waals surface area contributed by atoms with Crippen LogP contribution in [0.4, 0.5) is 17.1 Å². The van der Waals surface area contributed by atoms with E-state index in [-0.39, 0.29) is 140 Å². The summed E-state index contributed by atoms with van der Waals surface area (Å²) < 4.78 is 118. The number of fused-ring (bicyclic) bond motifs is 2. The number of hydrogen-bond acceptors (Lipinski definition) is 18. The van der Waals surface area contributed by atoms with E-state index >= 15 is 0 Å². The monoisotopic (exact) mass is 875 g/mol. The molecule has 0 saturated carbocycles. The minimum absolute atomic E-state index is 0. The number of carbonyl (C=O) groups excluding carboxylic acids is 2. The van der Waals surface area contributed by atoms with E-state index in [1.54, 1.807) is 30.3 Å². The van der Waals surface area contributed by atoms with Crippen LogP contribution in [0.2, 0.25) is 0 Å². The summed E-state index contributed by atoms with van der Waals surface area (Å²) in [5.74, 6) is -1.40. The number of hydrazone groups is 2. The molecule has 2 aliphatic carbocycles. The van der Waals surface area contributed by atoms with E-state index in [0.717, 1.165) is 18.2 Å². The predicted octanol–water partition coefficient (Wildman–Crippen LogP) is -6.03. The van der Waals surface area contributed by atoms with E-state index in [1.165, 1.54) is 44.6 Å². The molecule has 0 atom stereocenters. The van der Waals surface area contributed by atoms with Gasteiger partial charge < -0.3 is 28.9 Å². The SMILES string of the molecule is COc1cc(-c2ccc(N/N=C3/C(=O)c4c(N)cc(S(=O)(=O)[O-])cc4C=C3S(=O)(=O)[O-])c(OC)c2)ccc1N/N=C1/C=C(S(=O)(=O)[O-])c2ccccc2C1=O.[Na+].[Na+].[Na+]. The normalized spacial score (nSPS) is 15.1. The largest absolute Gasteiger partial charge is 1.00 e. The number of nitrogens with two attached hydrogens (primary N) is 1. The van der Waals surface area contributed by atoms with Gasteiger partial charge in [0.1, 0.15) is 53.3 Å². The Morgan fingerprint density at radius 3 is 1.64 bits per heavy atom. The topological polar surface area (TPSA) is 299 Å². The Morgan fingerprint density at radius 1 is 0.621 bits per heavy atom. The molecule has 0 bridgehead atoms. The summed E-state index contributed by atoms with van der Waals surface area (Å²) in [5, 5.41) is 7.92. The fourth-order valence-electron chi connectivity index (χ4n) is 5.67. The third-order valence-electron chi connectivity index (χ3n) is 8.22. The standard InChI is InChI=1S/C34H27N5O13S3.3Na/c1-51-27-12-17(7-9-24(27)36-38-26-16-29(54(45,46)47)21-5-3-4-6-22(21)33(26)40)18-8-10-25(28(13-18)52-2)37-39-32-30(55(48,49)50)14-19-11-20(53(42,43)44)15-23(35)31(19)34(32)41;;;/h3-16,36-37H,35H2,1-2H3,(H,42,43,44)(H,45,46,47)(H,48,49,50);;;/q;3*+1/p-3/b38-26-,39-32+;;;. The molecule has 0 heterocycles. The minimum Gasteiger partial charge on any atom is -0.744 e. The van der Waals surface area contributed by atoms with Crippen LogP contribution in [0.15, 0.2) is 98.9 Å². The molecule has 4 N–H and O–H groups in total. The summed E-state index contributed by atoms with van der Waals surface area (Å²) in [5.41, 5.74) is 10.0. The van der Waals surface area contributed by atoms with Gasteiger partial charge in [0.05, 0.1) is 45.9 Å². The van der Waals surface area contributed by atoms with Crippen molar-refractivity contribution in [3.63, 3.8) is 0 Å². The van der Waals surface area contributed by atoms with Crippen molar-refractivity contribution in [2.24, 2.45) is 10.2 Å². The predicted molar refractivity (Wildman–Crippen MR) is 196 cm³/mol. The van der Waals surface area contributed by atoms with Crippen molar-refractivity contribution in [2.45, 2.75) is 4.90 Å². The smallest absolute Gasteiger partial charge is 0.744 e. The molecular formula is C34H24N5Na3O13S3. The second-order valence-corrected chi connectivity index (χ2v) is 15.6. The van der Waals surface area contributed by atoms with Gasteiger partial charge >= 0.3 is 88.7 Å². The number of carbonyl (C=O) groups is 2. The maximum Gasteiger partial charge on any atom is 1.00 e. The molecule has 58 heavy (non-hydrogen) atoms. The molecule has 18 nitrogen and oxygen atoms in total. The Hall–Kier alpha value is -3.23. The number of ketones is 2. The number of benzene rings is 4. The Morgan fingerprint density at radius 2 is 1.14 bits per heavy atom. The van der Waals surface area contributed by atoms with Crippen molar-refractivity contribution in [1.82, 2.24) is 0 Å². The van der Waals surface area contributed by atoms with Crippen LogP contribution in [0.3, 0.4) is 0 Å². The second-order valence-electron chi connectivity index (χ2n) is 11.6. The van der Waals surface area contributed by atoms with E-state index in [0.29, 0.717) is 17.2 Å². The van der Waals surface area contributed by atoms with Gasteiger partial charge in [-0.2, -0.15) is 10.2 Å². The molecule has 0 aliphatic heterocycles. The molecule has 0 amide bonds. The molecular weight excluding hydrogens is 852 g/mol. The van der Waals surface area contributed by atoms with Crippen LogP contribution in [0.1, 0.15) is 31.8 Å². The zero-order chi connectivity index (χ0) is 40.0. The number of rotatable bonds is 10. The molecule has 2 aliphatic rings. The molecule has 4 aromatic rings. The van der Waals surface area contributed by atoms with Gasteiger partial charge in [-0.3, -0.25) is 20.4 Å². The van der Waals surface area contributed by atoms with Crippen molar-refractivity contribution in [1.29, 1.82) is 0 Å². The third-order valence-corrected chi connectivity index (χ3v) is 10.8. The summed E-state index contributed by atoms with van der Waals surface area (Å²) in [7, 11) is -12.7. The summed E-state index contributed by atoms with van der Waals surface area (Å²) in [6, 6.07) is 16.6. The first-order valence-electron chi connectivity index (χ1n) is 15.3. The first kappa shape index (κ1) is 49.1. The average molecular weight is 876 g/mol. The summed E-state index contributed by atoms with van der Waals surface area (Å²) in [6.45, 7) is 0. The van der Waals surface area contributed by atoms with Gasteiger partial charge in [0, 0.05) is 16.8 Å². The summed E-state index contributed by atoms with van der Waals surface area (Å²) >= 11 is 0. The van der Waals surface area contributed by atoms with Crippen molar-refractivity contribution < 1.29 is 147 Å². The summed E-state index contributed by atoms with van der Waals surface area (Å²) in [4.78, 5) is 23.9. The maximum absolute atomic E-state index is 13.4. The molecule has 0 saturated heterocycles. The van der Waals surface area contributed by atoms with Crippen LogP contribution in [-0.4, -0.2) is 76.1 Å². The molecule has 6 rings (SSSR count). The van der Waals surface area contributed by atoms with E-state index in [2.05, 4.69) is 21.1 Å². The molecule has 24 heteroatoms. The number of nitrogens with one attached hydrogen (secondary N) is 2. The quantitative estimate of drug-likeness (QED) is 0.0578. The first-order chi connectivity index (χ1) is 25.8. The van der Waals surface area contributed by atoms with Gasteiger partial charge in [-0.05, 0) is 65.2 Å². The van der Waals surface area contributed by atoms with Gasteiger partial charge in [0.15, 0.2) is 0 Å². The molecule has 284 valence electrons. The third kappa shape index (κ3) is 10.2. The number of nitrogen functional groups attached to an aromatic ring is 1. The fraction of sp³-hybridized carbons (Fsp3) is 0.0588. The molecule has 0 spiro atoms. The molecule has 0 fully saturated rings. The van der Waals surface area contributed by atoms with Crippen LogP contribution >= 0.6 is 0 Å². The molecule has 0 aromatic heterocycles. The van der Waals surface area contributed by atoms with Crippen LogP contribution in [-0.2, 0) is 30.4 Å². The van der Waals surface area contributed by atoms with Crippen LogP contribution in [0.25, 0.3) is 22.1 Å². The van der Waals surface area contributed by atoms with Gasteiger partial charge in [0.25, 0.3) is 0 Å². The van der Waals surface area contributed by atoms with Gasteiger partial charge in [-0.1, -0.05) is 36.4 Å². The maximum atomic E-state index is 13.4. The summed E-state index contributed by atoms with van der Waals surface area (Å²) in [6.07, 6.45) is 1.59. The number of methoxy groups -OCH3 is 2.